The molecule has 2 atom stereocenters. The Morgan fingerprint density at radius 1 is 1.07 bits per heavy atom. The fraction of sp³-hybridized carbons (Fsp3) is 0.391. The molecule has 2 aromatic rings. The standard InChI is InChI=1S/C23H25ClO4/c1-27-19-13-7-16(8-14-19)5-3-2-4-6-21(25)20-15-22(26)28-23(20)17-9-11-18(24)12-10-17/h7-14,20,23H,2-6,15H2,1H3/t20-,23-/m0/s1. The SMILES string of the molecule is COc1ccc(CCCCCC(=O)[C@@H]2CC(=O)O[C@H]2c2ccc(Cl)cc2)cc1. The Morgan fingerprint density at radius 3 is 2.46 bits per heavy atom. The lowest BCUT2D eigenvalue weighted by molar-refractivity contribution is -0.141. The van der Waals surface area contributed by atoms with Crippen molar-refractivity contribution in [3.8, 4) is 5.75 Å². The van der Waals surface area contributed by atoms with Gasteiger partial charge in [0.2, 0.25) is 0 Å². The number of cyclic esters (lactones) is 1. The van der Waals surface area contributed by atoms with E-state index in [1.165, 1.54) is 5.56 Å². The lowest BCUT2D eigenvalue weighted by Gasteiger charge is -2.17. The predicted molar refractivity (Wildman–Crippen MR) is 109 cm³/mol. The van der Waals surface area contributed by atoms with E-state index in [4.69, 9.17) is 21.1 Å². The summed E-state index contributed by atoms with van der Waals surface area (Å²) in [6, 6.07) is 15.2. The van der Waals surface area contributed by atoms with Crippen molar-refractivity contribution >= 4 is 23.4 Å². The van der Waals surface area contributed by atoms with Crippen LogP contribution in [0.15, 0.2) is 48.5 Å². The first kappa shape index (κ1) is 20.4. The molecule has 0 spiro atoms. The fourth-order valence-electron chi connectivity index (χ4n) is 3.58. The van der Waals surface area contributed by atoms with Crippen molar-refractivity contribution in [3.05, 3.63) is 64.7 Å². The number of ether oxygens (including phenoxy) is 2. The summed E-state index contributed by atoms with van der Waals surface area (Å²) in [6.07, 6.45) is 3.97. The minimum atomic E-state index is -0.489. The van der Waals surface area contributed by atoms with Crippen molar-refractivity contribution in [3.63, 3.8) is 0 Å². The molecule has 28 heavy (non-hydrogen) atoms. The molecule has 1 fully saturated rings. The van der Waals surface area contributed by atoms with Gasteiger partial charge in [-0.1, -0.05) is 42.3 Å². The van der Waals surface area contributed by atoms with E-state index < -0.39 is 12.0 Å². The highest BCUT2D eigenvalue weighted by Gasteiger charge is 2.39. The van der Waals surface area contributed by atoms with Crippen LogP contribution < -0.4 is 4.74 Å². The molecule has 3 rings (SSSR count). The number of ketones is 1. The molecule has 1 heterocycles. The first-order valence-corrected chi connectivity index (χ1v) is 10.0. The van der Waals surface area contributed by atoms with Gasteiger partial charge >= 0.3 is 5.97 Å². The first-order valence-electron chi connectivity index (χ1n) is 9.67. The molecule has 1 aliphatic rings. The second kappa shape index (κ2) is 9.74. The number of unbranched alkanes of at least 4 members (excludes halogenated alkanes) is 2. The van der Waals surface area contributed by atoms with Crippen molar-refractivity contribution in [1.82, 2.24) is 0 Å². The van der Waals surface area contributed by atoms with Crippen LogP contribution in [-0.2, 0) is 20.7 Å². The van der Waals surface area contributed by atoms with Crippen LogP contribution in [0.5, 0.6) is 5.75 Å². The number of hydrogen-bond donors (Lipinski definition) is 0. The van der Waals surface area contributed by atoms with Crippen LogP contribution in [0.3, 0.4) is 0 Å². The molecule has 1 saturated heterocycles. The van der Waals surface area contributed by atoms with Gasteiger partial charge in [0.05, 0.1) is 19.4 Å². The molecule has 148 valence electrons. The molecule has 0 aromatic heterocycles. The van der Waals surface area contributed by atoms with Crippen LogP contribution in [0.4, 0.5) is 0 Å². The molecular weight excluding hydrogens is 376 g/mol. The average Bonchev–Trinajstić information content (AvgIpc) is 3.10. The quantitative estimate of drug-likeness (QED) is 0.422. The van der Waals surface area contributed by atoms with E-state index in [0.29, 0.717) is 11.4 Å². The Bertz CT molecular complexity index is 798. The summed E-state index contributed by atoms with van der Waals surface area (Å²) in [5, 5.41) is 0.618. The number of aryl methyl sites for hydroxylation is 1. The van der Waals surface area contributed by atoms with E-state index in [2.05, 4.69) is 12.1 Å². The van der Waals surface area contributed by atoms with E-state index in [1.807, 2.05) is 24.3 Å². The molecule has 0 aliphatic carbocycles. The molecule has 5 heteroatoms. The molecule has 0 unspecified atom stereocenters. The molecule has 0 radical (unpaired) electrons. The third-order valence-electron chi connectivity index (χ3n) is 5.17. The number of esters is 1. The number of methoxy groups -OCH3 is 1. The zero-order valence-electron chi connectivity index (χ0n) is 16.0. The van der Waals surface area contributed by atoms with Crippen LogP contribution >= 0.6 is 11.6 Å². The Balaban J connectivity index is 1.45. The van der Waals surface area contributed by atoms with Gasteiger partial charge in [-0.05, 0) is 54.7 Å². The van der Waals surface area contributed by atoms with E-state index in [9.17, 15) is 9.59 Å². The smallest absolute Gasteiger partial charge is 0.307 e. The first-order chi connectivity index (χ1) is 13.6. The lowest BCUT2D eigenvalue weighted by atomic mass is 9.89. The highest BCUT2D eigenvalue weighted by Crippen LogP contribution is 2.37. The summed E-state index contributed by atoms with van der Waals surface area (Å²) in [5.74, 6) is 0.265. The zero-order chi connectivity index (χ0) is 19.9. The van der Waals surface area contributed by atoms with Gasteiger partial charge in [-0.3, -0.25) is 9.59 Å². The van der Waals surface area contributed by atoms with E-state index in [-0.39, 0.29) is 18.2 Å². The van der Waals surface area contributed by atoms with Crippen LogP contribution in [0.25, 0.3) is 0 Å². The van der Waals surface area contributed by atoms with Crippen molar-refractivity contribution in [1.29, 1.82) is 0 Å². The van der Waals surface area contributed by atoms with Crippen molar-refractivity contribution < 1.29 is 19.1 Å². The van der Waals surface area contributed by atoms with E-state index in [0.717, 1.165) is 37.0 Å². The average molecular weight is 401 g/mol. The number of Topliss-reactive ketones (excluding diaryl/α,β-unsaturated/α-hetero) is 1. The summed E-state index contributed by atoms with van der Waals surface area (Å²) in [7, 11) is 1.66. The monoisotopic (exact) mass is 400 g/mol. The maximum absolute atomic E-state index is 12.7. The summed E-state index contributed by atoms with van der Waals surface area (Å²) in [6.45, 7) is 0. The second-order valence-corrected chi connectivity index (χ2v) is 7.58. The number of halogens is 1. The number of carbonyl (C=O) groups is 2. The molecule has 4 nitrogen and oxygen atoms in total. The van der Waals surface area contributed by atoms with Crippen LogP contribution in [0.1, 0.15) is 49.3 Å². The molecular formula is C23H25ClO4. The van der Waals surface area contributed by atoms with Gasteiger partial charge in [0.25, 0.3) is 0 Å². The number of hydrogen-bond acceptors (Lipinski definition) is 4. The Labute approximate surface area is 170 Å². The molecule has 0 saturated carbocycles. The van der Waals surface area contributed by atoms with Crippen molar-refractivity contribution in [2.45, 2.75) is 44.6 Å². The van der Waals surface area contributed by atoms with Crippen molar-refractivity contribution in [2.75, 3.05) is 7.11 Å². The second-order valence-electron chi connectivity index (χ2n) is 7.15. The van der Waals surface area contributed by atoms with Gasteiger partial charge in [-0.2, -0.15) is 0 Å². The Hall–Kier alpha value is -2.33. The highest BCUT2D eigenvalue weighted by molar-refractivity contribution is 6.30. The maximum Gasteiger partial charge on any atom is 0.307 e. The summed E-state index contributed by atoms with van der Waals surface area (Å²) in [4.78, 5) is 24.5. The minimum absolute atomic E-state index is 0.107. The lowest BCUT2D eigenvalue weighted by Crippen LogP contribution is -2.18. The van der Waals surface area contributed by atoms with Gasteiger partial charge in [0.15, 0.2) is 0 Å². The van der Waals surface area contributed by atoms with Gasteiger partial charge < -0.3 is 9.47 Å². The van der Waals surface area contributed by atoms with Crippen LogP contribution in [-0.4, -0.2) is 18.9 Å². The Morgan fingerprint density at radius 2 is 1.79 bits per heavy atom. The van der Waals surface area contributed by atoms with Gasteiger partial charge in [-0.15, -0.1) is 0 Å². The van der Waals surface area contributed by atoms with Gasteiger partial charge in [0, 0.05) is 11.4 Å². The number of carbonyl (C=O) groups excluding carboxylic acids is 2. The molecule has 0 N–H and O–H groups in total. The third-order valence-corrected chi connectivity index (χ3v) is 5.42. The van der Waals surface area contributed by atoms with Crippen LogP contribution in [0, 0.1) is 5.92 Å². The van der Waals surface area contributed by atoms with Gasteiger partial charge in [0.1, 0.15) is 17.6 Å². The van der Waals surface area contributed by atoms with Crippen LogP contribution in [0.2, 0.25) is 5.02 Å². The third kappa shape index (κ3) is 5.35. The largest absolute Gasteiger partial charge is 0.497 e. The molecule has 1 aliphatic heterocycles. The highest BCUT2D eigenvalue weighted by atomic mass is 35.5. The molecule has 0 amide bonds. The normalized spacial score (nSPS) is 18.7. The number of benzene rings is 2. The summed E-state index contributed by atoms with van der Waals surface area (Å²) in [5.41, 5.74) is 2.10. The predicted octanol–water partition coefficient (Wildman–Crippen LogP) is 5.33. The van der Waals surface area contributed by atoms with Gasteiger partial charge in [-0.25, -0.2) is 0 Å². The van der Waals surface area contributed by atoms with Crippen molar-refractivity contribution in [2.24, 2.45) is 5.92 Å². The molecule has 0 bridgehead atoms. The zero-order valence-corrected chi connectivity index (χ0v) is 16.8. The summed E-state index contributed by atoms with van der Waals surface area (Å²) >= 11 is 5.92. The number of rotatable bonds is 9. The Kier molecular flexibility index (Phi) is 7.10. The maximum atomic E-state index is 12.7. The summed E-state index contributed by atoms with van der Waals surface area (Å²) < 4.78 is 10.6. The fourth-order valence-corrected chi connectivity index (χ4v) is 3.70. The van der Waals surface area contributed by atoms with E-state index >= 15 is 0 Å². The van der Waals surface area contributed by atoms with E-state index in [1.54, 1.807) is 19.2 Å². The topological polar surface area (TPSA) is 52.6 Å². The minimum Gasteiger partial charge on any atom is -0.497 e. The molecule has 2 aromatic carbocycles.